The van der Waals surface area contributed by atoms with E-state index in [1.165, 1.54) is 11.1 Å². The second-order valence-corrected chi connectivity index (χ2v) is 9.99. The molecule has 0 aliphatic rings. The van der Waals surface area contributed by atoms with Crippen molar-refractivity contribution in [3.63, 3.8) is 0 Å². The van der Waals surface area contributed by atoms with Gasteiger partial charge in [0.2, 0.25) is 0 Å². The first-order chi connectivity index (χ1) is 18.1. The number of hydrogen-bond donors (Lipinski definition) is 0. The molecule has 0 unspecified atom stereocenters. The Bertz CT molecular complexity index is 1770. The molecule has 4 aromatic carbocycles. The Kier molecular flexibility index (Phi) is 4.16. The van der Waals surface area contributed by atoms with Crippen molar-refractivity contribution in [3.8, 4) is 28.2 Å². The van der Waals surface area contributed by atoms with Gasteiger partial charge in [0.1, 0.15) is 17.7 Å². The smallest absolute Gasteiger partial charge is 0.149 e. The van der Waals surface area contributed by atoms with Crippen LogP contribution in [-0.4, -0.2) is 9.55 Å². The molecule has 0 aliphatic heterocycles. The lowest BCUT2D eigenvalue weighted by atomic mass is 9.86. The van der Waals surface area contributed by atoms with Gasteiger partial charge in [0.15, 0.2) is 0 Å². The molecular weight excluding hydrogens is 428 g/mol. The molecule has 0 spiro atoms. The van der Waals surface area contributed by atoms with E-state index in [-0.39, 0.29) is 11.0 Å². The Balaban J connectivity index is 1.47. The van der Waals surface area contributed by atoms with E-state index in [2.05, 4.69) is 73.9 Å². The Labute approximate surface area is 209 Å². The Hall–Kier alpha value is -4.11. The first-order valence-electron chi connectivity index (χ1n) is 13.3. The van der Waals surface area contributed by atoms with E-state index in [0.29, 0.717) is 11.4 Å². The Morgan fingerprint density at radius 2 is 1.54 bits per heavy atom. The summed E-state index contributed by atoms with van der Waals surface area (Å²) in [4.78, 5) is 4.95. The molecule has 0 N–H and O–H groups in total. The summed E-state index contributed by atoms with van der Waals surface area (Å²) in [5.41, 5.74) is 8.16. The number of imidazole rings is 1. The number of aryl methyl sites for hydroxylation is 1. The van der Waals surface area contributed by atoms with Gasteiger partial charge in [-0.2, -0.15) is 0 Å². The van der Waals surface area contributed by atoms with Gasteiger partial charge in [-0.05, 0) is 65.4 Å². The van der Waals surface area contributed by atoms with Crippen molar-refractivity contribution >= 4 is 22.0 Å². The highest BCUT2D eigenvalue weighted by molar-refractivity contribution is 5.95. The second kappa shape index (κ2) is 7.99. The predicted molar refractivity (Wildman–Crippen MR) is 145 cm³/mol. The molecular formula is C32H28N2O. The minimum Gasteiger partial charge on any atom is -0.464 e. The highest BCUT2D eigenvalue weighted by Gasteiger charge is 2.19. The molecule has 3 nitrogen and oxygen atoms in total. The van der Waals surface area contributed by atoms with Crippen LogP contribution in [0.25, 0.3) is 50.2 Å². The van der Waals surface area contributed by atoms with E-state index < -0.39 is 6.85 Å². The van der Waals surface area contributed by atoms with Crippen LogP contribution in [0.15, 0.2) is 102 Å². The molecule has 0 atom stereocenters. The van der Waals surface area contributed by atoms with Gasteiger partial charge in [-0.25, -0.2) is 4.98 Å². The number of furan rings is 1. The number of rotatable bonds is 3. The predicted octanol–water partition coefficient (Wildman–Crippen LogP) is 8.71. The van der Waals surface area contributed by atoms with Gasteiger partial charge in [0, 0.05) is 15.2 Å². The van der Waals surface area contributed by atoms with E-state index in [4.69, 9.17) is 13.5 Å². The normalized spacial score (nSPS) is 13.6. The Morgan fingerprint density at radius 3 is 2.26 bits per heavy atom. The van der Waals surface area contributed by atoms with Crippen LogP contribution >= 0.6 is 0 Å². The summed E-state index contributed by atoms with van der Waals surface area (Å²) >= 11 is 0. The summed E-state index contributed by atoms with van der Waals surface area (Å²) in [6.45, 7) is 4.45. The summed E-state index contributed by atoms with van der Waals surface area (Å²) < 4.78 is 31.5. The molecule has 35 heavy (non-hydrogen) atoms. The third kappa shape index (κ3) is 3.74. The molecule has 6 rings (SSSR count). The molecule has 0 saturated heterocycles. The molecule has 0 aliphatic carbocycles. The average Bonchev–Trinajstić information content (AvgIpc) is 3.49. The molecule has 6 aromatic rings. The third-order valence-electron chi connectivity index (χ3n) is 6.58. The number of aromatic nitrogens is 2. The summed E-state index contributed by atoms with van der Waals surface area (Å²) in [5, 5.41) is 0.728. The second-order valence-electron chi connectivity index (χ2n) is 9.99. The van der Waals surface area contributed by atoms with E-state index in [9.17, 15) is 0 Å². The maximum absolute atomic E-state index is 7.86. The molecule has 2 heterocycles. The van der Waals surface area contributed by atoms with Crippen molar-refractivity contribution in [3.05, 3.63) is 108 Å². The molecule has 0 fully saturated rings. The molecule has 0 radical (unpaired) electrons. The highest BCUT2D eigenvalue weighted by Crippen LogP contribution is 2.35. The molecule has 2 aromatic heterocycles. The van der Waals surface area contributed by atoms with Crippen molar-refractivity contribution in [1.29, 1.82) is 0 Å². The van der Waals surface area contributed by atoms with Crippen molar-refractivity contribution < 1.29 is 8.53 Å². The standard InChI is InChI=1S/C32H28N2O/c1-21-9-18-30-26(19-21)27(20-35-30)31-33-28-7-5-6-8-29(28)34(31)25-16-12-23(13-17-25)22-10-14-24(15-11-22)32(2,3)4/h5-20H,1-4H3/i1D3. The number of fused-ring (bicyclic) bond motifs is 2. The maximum atomic E-state index is 7.86. The van der Waals surface area contributed by atoms with Gasteiger partial charge in [-0.1, -0.05) is 80.9 Å². The number of nitrogens with zero attached hydrogens (tertiary/aromatic N) is 2. The van der Waals surface area contributed by atoms with Crippen LogP contribution in [0.1, 0.15) is 36.0 Å². The minimum atomic E-state index is -2.20. The molecule has 0 amide bonds. The highest BCUT2D eigenvalue weighted by atomic mass is 16.3. The van der Waals surface area contributed by atoms with Gasteiger partial charge in [-0.3, -0.25) is 4.57 Å². The molecule has 0 bridgehead atoms. The largest absolute Gasteiger partial charge is 0.464 e. The lowest BCUT2D eigenvalue weighted by Gasteiger charge is -2.19. The monoisotopic (exact) mass is 459 g/mol. The van der Waals surface area contributed by atoms with Crippen molar-refractivity contribution in [1.82, 2.24) is 9.55 Å². The van der Waals surface area contributed by atoms with Crippen LogP contribution in [0.4, 0.5) is 0 Å². The van der Waals surface area contributed by atoms with Gasteiger partial charge in [-0.15, -0.1) is 0 Å². The fourth-order valence-corrected chi connectivity index (χ4v) is 4.64. The van der Waals surface area contributed by atoms with Crippen molar-refractivity contribution in [2.75, 3.05) is 0 Å². The first-order valence-corrected chi connectivity index (χ1v) is 11.8. The molecule has 172 valence electrons. The number of benzene rings is 4. The summed E-state index contributed by atoms with van der Waals surface area (Å²) in [5.74, 6) is 0.704. The zero-order chi connectivity index (χ0) is 26.7. The lowest BCUT2D eigenvalue weighted by molar-refractivity contribution is 0.590. The summed E-state index contributed by atoms with van der Waals surface area (Å²) in [7, 11) is 0. The van der Waals surface area contributed by atoms with Crippen molar-refractivity contribution in [2.45, 2.75) is 33.0 Å². The fraction of sp³-hybridized carbons (Fsp3) is 0.156. The van der Waals surface area contributed by atoms with Crippen LogP contribution < -0.4 is 0 Å². The lowest BCUT2D eigenvalue weighted by Crippen LogP contribution is -2.10. The Morgan fingerprint density at radius 1 is 0.829 bits per heavy atom. The van der Waals surface area contributed by atoms with Gasteiger partial charge < -0.3 is 4.42 Å². The topological polar surface area (TPSA) is 31.0 Å². The third-order valence-corrected chi connectivity index (χ3v) is 6.58. The van der Waals surface area contributed by atoms with E-state index >= 15 is 0 Å². The zero-order valence-corrected chi connectivity index (χ0v) is 20.0. The van der Waals surface area contributed by atoms with E-state index in [0.717, 1.165) is 33.2 Å². The van der Waals surface area contributed by atoms with Crippen LogP contribution in [0.3, 0.4) is 0 Å². The van der Waals surface area contributed by atoms with E-state index in [1.807, 2.05) is 24.3 Å². The first kappa shape index (κ1) is 18.2. The summed E-state index contributed by atoms with van der Waals surface area (Å²) in [6, 6.07) is 30.2. The SMILES string of the molecule is [2H]C([2H])([2H])c1ccc2occ(-c3nc4ccccc4n3-c3ccc(-c4ccc(C(C)(C)C)cc4)cc3)c2c1. The maximum Gasteiger partial charge on any atom is 0.149 e. The van der Waals surface area contributed by atoms with Gasteiger partial charge in [0.05, 0.1) is 16.6 Å². The van der Waals surface area contributed by atoms with Crippen LogP contribution in [0.5, 0.6) is 0 Å². The van der Waals surface area contributed by atoms with Crippen LogP contribution in [0, 0.1) is 6.85 Å². The number of hydrogen-bond acceptors (Lipinski definition) is 2. The van der Waals surface area contributed by atoms with E-state index in [1.54, 1.807) is 24.5 Å². The summed E-state index contributed by atoms with van der Waals surface area (Å²) in [6.07, 6.45) is 1.66. The quantitative estimate of drug-likeness (QED) is 0.265. The fourth-order valence-electron chi connectivity index (χ4n) is 4.64. The van der Waals surface area contributed by atoms with Crippen LogP contribution in [-0.2, 0) is 5.41 Å². The van der Waals surface area contributed by atoms with Crippen molar-refractivity contribution in [2.24, 2.45) is 0 Å². The molecule has 3 heteroatoms. The van der Waals surface area contributed by atoms with Crippen LogP contribution in [0.2, 0.25) is 0 Å². The molecule has 0 saturated carbocycles. The average molecular weight is 460 g/mol. The minimum absolute atomic E-state index is 0.114. The van der Waals surface area contributed by atoms with Gasteiger partial charge in [0.25, 0.3) is 0 Å². The van der Waals surface area contributed by atoms with Gasteiger partial charge >= 0.3 is 0 Å². The zero-order valence-electron chi connectivity index (χ0n) is 23.0. The number of para-hydroxylation sites is 2.